The van der Waals surface area contributed by atoms with Gasteiger partial charge in [0.25, 0.3) is 0 Å². The van der Waals surface area contributed by atoms with Gasteiger partial charge in [-0.15, -0.1) is 0 Å². The van der Waals surface area contributed by atoms with Gasteiger partial charge < -0.3 is 10.4 Å². The van der Waals surface area contributed by atoms with E-state index >= 15 is 0 Å². The van der Waals surface area contributed by atoms with E-state index < -0.39 is 5.60 Å². The topological polar surface area (TPSA) is 32.3 Å². The minimum Gasteiger partial charge on any atom is -0.385 e. The summed E-state index contributed by atoms with van der Waals surface area (Å²) in [6.07, 6.45) is 4.95. The first-order valence-corrected chi connectivity index (χ1v) is 6.69. The molecule has 0 bridgehead atoms. The monoisotopic (exact) mass is 233 g/mol. The van der Waals surface area contributed by atoms with Gasteiger partial charge in [-0.25, -0.2) is 0 Å². The van der Waals surface area contributed by atoms with E-state index in [1.54, 1.807) is 0 Å². The third kappa shape index (κ3) is 2.53. The van der Waals surface area contributed by atoms with Gasteiger partial charge in [-0.05, 0) is 62.4 Å². The van der Waals surface area contributed by atoms with Gasteiger partial charge in [0.1, 0.15) is 0 Å². The van der Waals surface area contributed by atoms with Gasteiger partial charge in [0.15, 0.2) is 0 Å². The van der Waals surface area contributed by atoms with Crippen molar-refractivity contribution in [3.8, 4) is 0 Å². The molecule has 0 heterocycles. The number of hydrogen-bond donors (Lipinski definition) is 2. The predicted octanol–water partition coefficient (Wildman–Crippen LogP) is 2.38. The van der Waals surface area contributed by atoms with E-state index in [9.17, 15) is 5.11 Å². The van der Waals surface area contributed by atoms with Gasteiger partial charge in [0, 0.05) is 0 Å². The summed E-state index contributed by atoms with van der Waals surface area (Å²) >= 11 is 0. The van der Waals surface area contributed by atoms with Crippen LogP contribution >= 0.6 is 0 Å². The molecule has 2 N–H and O–H groups in total. The molecule has 1 aliphatic rings. The lowest BCUT2D eigenvalue weighted by Crippen LogP contribution is -2.33. The van der Waals surface area contributed by atoms with Crippen molar-refractivity contribution >= 4 is 0 Å². The molecule has 0 aromatic heterocycles. The van der Waals surface area contributed by atoms with Crippen LogP contribution < -0.4 is 5.32 Å². The quantitative estimate of drug-likeness (QED) is 0.837. The molecule has 0 fully saturated rings. The van der Waals surface area contributed by atoms with E-state index in [-0.39, 0.29) is 0 Å². The Morgan fingerprint density at radius 1 is 1.41 bits per heavy atom. The summed E-state index contributed by atoms with van der Waals surface area (Å²) < 4.78 is 0. The number of benzene rings is 1. The molecule has 0 radical (unpaired) electrons. The van der Waals surface area contributed by atoms with Crippen molar-refractivity contribution in [1.29, 1.82) is 0 Å². The first-order valence-electron chi connectivity index (χ1n) is 6.69. The van der Waals surface area contributed by atoms with Crippen molar-refractivity contribution in [2.75, 3.05) is 13.6 Å². The van der Waals surface area contributed by atoms with Crippen LogP contribution in [0.25, 0.3) is 0 Å². The summed E-state index contributed by atoms with van der Waals surface area (Å²) in [6.45, 7) is 3.03. The SMILES string of the molecule is CCc1ccc2c(c1)C(O)(CCNC)CCC2. The average molecular weight is 233 g/mol. The number of nitrogens with one attached hydrogen (secondary N) is 1. The van der Waals surface area contributed by atoms with Crippen LogP contribution in [0.2, 0.25) is 0 Å². The fourth-order valence-electron chi connectivity index (χ4n) is 2.79. The highest BCUT2D eigenvalue weighted by atomic mass is 16.3. The zero-order valence-electron chi connectivity index (χ0n) is 10.9. The lowest BCUT2D eigenvalue weighted by atomic mass is 9.76. The van der Waals surface area contributed by atoms with Gasteiger partial charge in [-0.2, -0.15) is 0 Å². The average Bonchev–Trinajstić information content (AvgIpc) is 2.37. The maximum atomic E-state index is 10.8. The first kappa shape index (κ1) is 12.6. The van der Waals surface area contributed by atoms with Crippen LogP contribution in [0.4, 0.5) is 0 Å². The highest BCUT2D eigenvalue weighted by Gasteiger charge is 2.33. The maximum Gasteiger partial charge on any atom is 0.0911 e. The van der Waals surface area contributed by atoms with Gasteiger partial charge in [-0.1, -0.05) is 25.1 Å². The molecule has 1 aromatic carbocycles. The number of fused-ring (bicyclic) bond motifs is 1. The molecule has 1 atom stereocenters. The molecule has 2 nitrogen and oxygen atoms in total. The second-order valence-electron chi connectivity index (χ2n) is 5.08. The number of hydrogen-bond acceptors (Lipinski definition) is 2. The molecule has 1 aliphatic carbocycles. The largest absolute Gasteiger partial charge is 0.385 e. The molecule has 2 rings (SSSR count). The molecule has 0 saturated carbocycles. The molecular weight excluding hydrogens is 210 g/mol. The highest BCUT2D eigenvalue weighted by molar-refractivity contribution is 5.38. The van der Waals surface area contributed by atoms with E-state index in [2.05, 4.69) is 30.4 Å². The molecule has 0 amide bonds. The van der Waals surface area contributed by atoms with Gasteiger partial charge in [-0.3, -0.25) is 0 Å². The maximum absolute atomic E-state index is 10.8. The van der Waals surface area contributed by atoms with Crippen molar-refractivity contribution in [1.82, 2.24) is 5.32 Å². The molecular formula is C15H23NO. The van der Waals surface area contributed by atoms with Crippen molar-refractivity contribution in [2.24, 2.45) is 0 Å². The molecule has 2 heteroatoms. The zero-order valence-corrected chi connectivity index (χ0v) is 10.9. The molecule has 0 spiro atoms. The van der Waals surface area contributed by atoms with Gasteiger partial charge >= 0.3 is 0 Å². The fraction of sp³-hybridized carbons (Fsp3) is 0.600. The van der Waals surface area contributed by atoms with Crippen LogP contribution in [0.15, 0.2) is 18.2 Å². The Bertz CT molecular complexity index is 389. The second kappa shape index (κ2) is 5.19. The molecule has 94 valence electrons. The van der Waals surface area contributed by atoms with E-state index in [0.717, 1.165) is 38.6 Å². The van der Waals surface area contributed by atoms with Crippen molar-refractivity contribution < 1.29 is 5.11 Å². The lowest BCUT2D eigenvalue weighted by Gasteiger charge is -2.35. The third-order valence-electron chi connectivity index (χ3n) is 3.91. The smallest absolute Gasteiger partial charge is 0.0911 e. The summed E-state index contributed by atoms with van der Waals surface area (Å²) in [4.78, 5) is 0. The minimum atomic E-state index is -0.609. The van der Waals surface area contributed by atoms with E-state index in [1.165, 1.54) is 16.7 Å². The van der Waals surface area contributed by atoms with Crippen LogP contribution in [-0.2, 0) is 18.4 Å². The molecule has 0 aliphatic heterocycles. The standard InChI is InChI=1S/C15H23NO/c1-3-12-6-7-13-5-4-8-15(17,9-10-16-2)14(13)11-12/h6-7,11,16-17H,3-5,8-10H2,1-2H3. The third-order valence-corrected chi connectivity index (χ3v) is 3.91. The first-order chi connectivity index (χ1) is 8.19. The minimum absolute atomic E-state index is 0.609. The van der Waals surface area contributed by atoms with Gasteiger partial charge in [0.2, 0.25) is 0 Å². The number of rotatable bonds is 4. The summed E-state index contributed by atoms with van der Waals surface area (Å²) in [6, 6.07) is 6.62. The Kier molecular flexibility index (Phi) is 3.85. The predicted molar refractivity (Wildman–Crippen MR) is 71.2 cm³/mol. The Hall–Kier alpha value is -0.860. The van der Waals surface area contributed by atoms with E-state index in [1.807, 2.05) is 7.05 Å². The lowest BCUT2D eigenvalue weighted by molar-refractivity contribution is 0.0108. The van der Waals surface area contributed by atoms with Crippen LogP contribution in [0.3, 0.4) is 0 Å². The Balaban J connectivity index is 2.34. The molecule has 0 saturated heterocycles. The Labute approximate surface area is 104 Å². The van der Waals surface area contributed by atoms with Crippen LogP contribution in [-0.4, -0.2) is 18.7 Å². The van der Waals surface area contributed by atoms with Crippen LogP contribution in [0, 0.1) is 0 Å². The molecule has 1 unspecified atom stereocenters. The van der Waals surface area contributed by atoms with Crippen molar-refractivity contribution in [2.45, 2.75) is 44.6 Å². The second-order valence-corrected chi connectivity index (χ2v) is 5.08. The zero-order chi connectivity index (χ0) is 12.3. The summed E-state index contributed by atoms with van der Waals surface area (Å²) in [5.41, 5.74) is 3.24. The van der Waals surface area contributed by atoms with E-state index in [4.69, 9.17) is 0 Å². The molecule has 1 aromatic rings. The fourth-order valence-corrected chi connectivity index (χ4v) is 2.79. The van der Waals surface area contributed by atoms with Crippen molar-refractivity contribution in [3.05, 3.63) is 34.9 Å². The summed E-state index contributed by atoms with van der Waals surface area (Å²) in [5, 5.41) is 14.0. The number of aryl methyl sites for hydroxylation is 2. The van der Waals surface area contributed by atoms with Crippen LogP contribution in [0.1, 0.15) is 42.9 Å². The summed E-state index contributed by atoms with van der Waals surface area (Å²) in [5.74, 6) is 0. The number of aliphatic hydroxyl groups is 1. The Morgan fingerprint density at radius 3 is 2.94 bits per heavy atom. The Morgan fingerprint density at radius 2 is 2.24 bits per heavy atom. The van der Waals surface area contributed by atoms with Crippen LogP contribution in [0.5, 0.6) is 0 Å². The highest BCUT2D eigenvalue weighted by Crippen LogP contribution is 2.38. The van der Waals surface area contributed by atoms with E-state index in [0.29, 0.717) is 0 Å². The normalized spacial score (nSPS) is 23.5. The van der Waals surface area contributed by atoms with Crippen molar-refractivity contribution in [3.63, 3.8) is 0 Å². The van der Waals surface area contributed by atoms with Gasteiger partial charge in [0.05, 0.1) is 5.60 Å². The summed E-state index contributed by atoms with van der Waals surface area (Å²) in [7, 11) is 1.94. The molecule has 17 heavy (non-hydrogen) atoms.